The van der Waals surface area contributed by atoms with Gasteiger partial charge in [0.25, 0.3) is 0 Å². The van der Waals surface area contributed by atoms with Gasteiger partial charge in [-0.1, -0.05) is 0 Å². The number of rotatable bonds is 3. The Hall–Kier alpha value is -1.00. The molecule has 4 heteroatoms. The zero-order valence-electron chi connectivity index (χ0n) is 10.5. The van der Waals surface area contributed by atoms with Crippen LogP contribution in [0.3, 0.4) is 0 Å². The predicted octanol–water partition coefficient (Wildman–Crippen LogP) is 2.86. The molecule has 0 unspecified atom stereocenters. The van der Waals surface area contributed by atoms with E-state index in [2.05, 4.69) is 43.4 Å². The molecule has 0 spiro atoms. The van der Waals surface area contributed by atoms with Gasteiger partial charge in [-0.15, -0.1) is 11.8 Å². The molecule has 0 radical (unpaired) electrons. The number of benzene rings is 1. The van der Waals surface area contributed by atoms with E-state index < -0.39 is 0 Å². The second-order valence-electron chi connectivity index (χ2n) is 5.01. The minimum atomic E-state index is -0.0515. The summed E-state index contributed by atoms with van der Waals surface area (Å²) in [5, 5.41) is 1.14. The summed E-state index contributed by atoms with van der Waals surface area (Å²) >= 11 is 1.81. The molecule has 1 aromatic carbocycles. The van der Waals surface area contributed by atoms with Gasteiger partial charge >= 0.3 is 0 Å². The van der Waals surface area contributed by atoms with Crippen molar-refractivity contribution < 1.29 is 4.84 Å². The summed E-state index contributed by atoms with van der Waals surface area (Å²) in [7, 11) is 0. The van der Waals surface area contributed by atoms with Crippen LogP contribution in [0.2, 0.25) is 0 Å². The minimum absolute atomic E-state index is 0.0515. The fraction of sp³-hybridized carbons (Fsp3) is 0.462. The van der Waals surface area contributed by atoms with Crippen molar-refractivity contribution in [1.82, 2.24) is 5.48 Å². The van der Waals surface area contributed by atoms with Gasteiger partial charge in [-0.25, -0.2) is 0 Å². The lowest BCUT2D eigenvalue weighted by atomic mass is 10.1. The first kappa shape index (κ1) is 12.5. The highest BCUT2D eigenvalue weighted by Crippen LogP contribution is 2.21. The maximum Gasteiger partial charge on any atom is 0.147 e. The topological polar surface area (TPSA) is 33.6 Å². The molecular formula is C13H18N2OS. The lowest BCUT2D eigenvalue weighted by Crippen LogP contribution is -2.38. The molecule has 17 heavy (non-hydrogen) atoms. The number of hydrogen-bond donors (Lipinski definition) is 1. The molecule has 92 valence electrons. The third kappa shape index (κ3) is 3.75. The summed E-state index contributed by atoms with van der Waals surface area (Å²) < 4.78 is 0. The largest absolute Gasteiger partial charge is 0.408 e. The van der Waals surface area contributed by atoms with Crippen molar-refractivity contribution in [3.8, 4) is 5.75 Å². The average Bonchev–Trinajstić information content (AvgIpc) is 2.79. The Morgan fingerprint density at radius 1 is 1.24 bits per heavy atom. The lowest BCUT2D eigenvalue weighted by Gasteiger charge is -2.20. The van der Waals surface area contributed by atoms with Crippen molar-refractivity contribution in [2.75, 3.05) is 12.3 Å². The molecule has 1 aliphatic heterocycles. The third-order valence-electron chi connectivity index (χ3n) is 2.16. The van der Waals surface area contributed by atoms with Crippen molar-refractivity contribution in [1.29, 1.82) is 0 Å². The van der Waals surface area contributed by atoms with Crippen LogP contribution in [-0.2, 0) is 0 Å². The van der Waals surface area contributed by atoms with Gasteiger partial charge < -0.3 is 4.84 Å². The second kappa shape index (κ2) is 5.10. The Balaban J connectivity index is 1.98. The Morgan fingerprint density at radius 2 is 1.94 bits per heavy atom. The van der Waals surface area contributed by atoms with Gasteiger partial charge in [0.15, 0.2) is 0 Å². The van der Waals surface area contributed by atoms with Gasteiger partial charge in [-0.05, 0) is 45.0 Å². The number of hydroxylamine groups is 1. The van der Waals surface area contributed by atoms with Crippen LogP contribution in [0.25, 0.3) is 0 Å². The molecule has 3 nitrogen and oxygen atoms in total. The van der Waals surface area contributed by atoms with E-state index in [1.54, 1.807) is 0 Å². The van der Waals surface area contributed by atoms with Crippen LogP contribution in [0.4, 0.5) is 0 Å². The molecular weight excluding hydrogens is 232 g/mol. The van der Waals surface area contributed by atoms with Crippen molar-refractivity contribution in [3.05, 3.63) is 29.8 Å². The highest BCUT2D eigenvalue weighted by atomic mass is 32.2. The molecule has 1 N–H and O–H groups in total. The smallest absolute Gasteiger partial charge is 0.147 e. The summed E-state index contributed by atoms with van der Waals surface area (Å²) in [5.74, 6) is 1.92. The van der Waals surface area contributed by atoms with Crippen LogP contribution in [0.15, 0.2) is 29.3 Å². The van der Waals surface area contributed by atoms with Crippen LogP contribution in [-0.4, -0.2) is 22.9 Å². The van der Waals surface area contributed by atoms with Gasteiger partial charge in [0.2, 0.25) is 0 Å². The number of nitrogens with zero attached hydrogens (tertiary/aromatic N) is 1. The van der Waals surface area contributed by atoms with E-state index in [0.29, 0.717) is 0 Å². The first-order valence-corrected chi connectivity index (χ1v) is 6.75. The van der Waals surface area contributed by atoms with Gasteiger partial charge in [0, 0.05) is 23.4 Å². The van der Waals surface area contributed by atoms with Gasteiger partial charge in [0.05, 0.1) is 5.04 Å². The van der Waals surface area contributed by atoms with Crippen molar-refractivity contribution in [2.45, 2.75) is 26.3 Å². The third-order valence-corrected chi connectivity index (χ3v) is 3.19. The molecule has 0 aromatic heterocycles. The van der Waals surface area contributed by atoms with Crippen LogP contribution in [0.5, 0.6) is 5.75 Å². The van der Waals surface area contributed by atoms with Crippen molar-refractivity contribution in [3.63, 3.8) is 0 Å². The molecule has 0 saturated carbocycles. The van der Waals surface area contributed by atoms with E-state index in [1.807, 2.05) is 23.9 Å². The molecule has 0 saturated heterocycles. The summed E-state index contributed by atoms with van der Waals surface area (Å²) in [6.45, 7) is 7.12. The highest BCUT2D eigenvalue weighted by Gasteiger charge is 2.11. The molecule has 1 aromatic rings. The van der Waals surface area contributed by atoms with E-state index in [0.717, 1.165) is 23.1 Å². The average molecular weight is 250 g/mol. The van der Waals surface area contributed by atoms with Gasteiger partial charge in [-0.3, -0.25) is 4.99 Å². The molecule has 0 aliphatic carbocycles. The molecule has 2 rings (SSSR count). The molecule has 0 amide bonds. The van der Waals surface area contributed by atoms with Gasteiger partial charge in [0.1, 0.15) is 5.75 Å². The molecule has 1 heterocycles. The Bertz CT molecular complexity index is 406. The standard InChI is InChI=1S/C13H18N2OS/c1-13(2,3)15-16-11-6-4-10(5-7-11)12-14-8-9-17-12/h4-7,15H,8-9H2,1-3H3. The Labute approximate surface area is 107 Å². The summed E-state index contributed by atoms with van der Waals surface area (Å²) in [6, 6.07) is 8.04. The lowest BCUT2D eigenvalue weighted by molar-refractivity contribution is 0.119. The zero-order chi connectivity index (χ0) is 12.3. The monoisotopic (exact) mass is 250 g/mol. The number of aliphatic imine (C=N–C) groups is 1. The van der Waals surface area contributed by atoms with E-state index in [1.165, 1.54) is 5.56 Å². The number of thioether (sulfide) groups is 1. The molecule has 0 atom stereocenters. The Kier molecular flexibility index (Phi) is 3.74. The maximum atomic E-state index is 5.49. The molecule has 0 bridgehead atoms. The van der Waals surface area contributed by atoms with Crippen LogP contribution in [0, 0.1) is 0 Å². The first-order valence-electron chi connectivity index (χ1n) is 5.76. The van der Waals surface area contributed by atoms with Crippen molar-refractivity contribution in [2.24, 2.45) is 4.99 Å². The summed E-state index contributed by atoms with van der Waals surface area (Å²) in [5.41, 5.74) is 4.12. The summed E-state index contributed by atoms with van der Waals surface area (Å²) in [6.07, 6.45) is 0. The minimum Gasteiger partial charge on any atom is -0.408 e. The van der Waals surface area contributed by atoms with E-state index in [-0.39, 0.29) is 5.54 Å². The summed E-state index contributed by atoms with van der Waals surface area (Å²) in [4.78, 5) is 9.94. The fourth-order valence-corrected chi connectivity index (χ4v) is 2.25. The normalized spacial score (nSPS) is 15.8. The SMILES string of the molecule is CC(C)(C)NOc1ccc(C2=NCCS2)cc1. The highest BCUT2D eigenvalue weighted by molar-refractivity contribution is 8.14. The van der Waals surface area contributed by atoms with Gasteiger partial charge in [-0.2, -0.15) is 5.48 Å². The first-order chi connectivity index (χ1) is 8.04. The molecule has 1 aliphatic rings. The van der Waals surface area contributed by atoms with E-state index in [9.17, 15) is 0 Å². The van der Waals surface area contributed by atoms with Crippen LogP contribution >= 0.6 is 11.8 Å². The number of nitrogens with one attached hydrogen (secondary N) is 1. The van der Waals surface area contributed by atoms with Crippen LogP contribution in [0.1, 0.15) is 26.3 Å². The number of hydrogen-bond acceptors (Lipinski definition) is 4. The second-order valence-corrected chi connectivity index (χ2v) is 6.10. The van der Waals surface area contributed by atoms with E-state index >= 15 is 0 Å². The predicted molar refractivity (Wildman–Crippen MR) is 73.8 cm³/mol. The van der Waals surface area contributed by atoms with E-state index in [4.69, 9.17) is 4.84 Å². The zero-order valence-corrected chi connectivity index (χ0v) is 11.3. The quantitative estimate of drug-likeness (QED) is 0.838. The maximum absolute atomic E-state index is 5.49. The Morgan fingerprint density at radius 3 is 2.47 bits per heavy atom. The van der Waals surface area contributed by atoms with Crippen LogP contribution < -0.4 is 10.3 Å². The fourth-order valence-electron chi connectivity index (χ4n) is 1.39. The van der Waals surface area contributed by atoms with Crippen molar-refractivity contribution >= 4 is 16.8 Å². The molecule has 0 fully saturated rings.